The van der Waals surface area contributed by atoms with Crippen LogP contribution in [0.3, 0.4) is 0 Å². The summed E-state index contributed by atoms with van der Waals surface area (Å²) in [4.78, 5) is 20.9. The molecule has 136 valence electrons. The molecule has 28 heavy (non-hydrogen) atoms. The van der Waals surface area contributed by atoms with Crippen LogP contribution >= 0.6 is 11.6 Å². The Morgan fingerprint density at radius 2 is 1.79 bits per heavy atom. The predicted octanol–water partition coefficient (Wildman–Crippen LogP) is 5.04. The molecule has 0 amide bonds. The maximum atomic E-state index is 6.06. The number of nitrogens with one attached hydrogen (secondary N) is 3. The first-order valence-electron chi connectivity index (χ1n) is 8.60. The second kappa shape index (κ2) is 6.79. The number of para-hydroxylation sites is 1. The molecule has 0 radical (unpaired) electrons. The number of imidazole rings is 1. The van der Waals surface area contributed by atoms with Gasteiger partial charge in [0.25, 0.3) is 0 Å². The first-order chi connectivity index (χ1) is 13.7. The molecule has 0 saturated heterocycles. The van der Waals surface area contributed by atoms with Gasteiger partial charge in [-0.05, 0) is 30.3 Å². The topological polar surface area (TPSA) is 91.4 Å². The number of halogens is 1. The largest absolute Gasteiger partial charge is 0.340 e. The molecule has 3 N–H and O–H groups in total. The molecule has 5 rings (SSSR count). The third-order valence-corrected chi connectivity index (χ3v) is 4.45. The van der Waals surface area contributed by atoms with Gasteiger partial charge in [-0.15, -0.1) is 0 Å². The van der Waals surface area contributed by atoms with Gasteiger partial charge in [-0.2, -0.15) is 9.97 Å². The Morgan fingerprint density at radius 3 is 2.71 bits per heavy atom. The van der Waals surface area contributed by atoms with Crippen molar-refractivity contribution in [3.8, 4) is 0 Å². The molecule has 3 heterocycles. The Kier molecular flexibility index (Phi) is 3.99. The van der Waals surface area contributed by atoms with Gasteiger partial charge in [-0.1, -0.05) is 35.9 Å². The maximum Gasteiger partial charge on any atom is 0.231 e. The van der Waals surface area contributed by atoms with Gasteiger partial charge in [0.15, 0.2) is 11.5 Å². The predicted molar refractivity (Wildman–Crippen MR) is 111 cm³/mol. The van der Waals surface area contributed by atoms with E-state index in [1.807, 2.05) is 48.5 Å². The molecule has 0 aliphatic rings. The van der Waals surface area contributed by atoms with Crippen LogP contribution in [0.15, 0.2) is 67.1 Å². The number of aromatic nitrogens is 5. The van der Waals surface area contributed by atoms with Crippen LogP contribution in [0, 0.1) is 0 Å². The number of nitrogens with zero attached hydrogens (tertiary/aromatic N) is 4. The van der Waals surface area contributed by atoms with Crippen molar-refractivity contribution in [3.05, 3.63) is 72.1 Å². The molecule has 3 aromatic heterocycles. The van der Waals surface area contributed by atoms with E-state index in [-0.39, 0.29) is 0 Å². The summed E-state index contributed by atoms with van der Waals surface area (Å²) in [5.74, 6) is 1.02. The summed E-state index contributed by atoms with van der Waals surface area (Å²) in [5, 5.41) is 8.15. The van der Waals surface area contributed by atoms with Crippen LogP contribution in [0.2, 0.25) is 5.02 Å². The number of pyridine rings is 1. The first-order valence-corrected chi connectivity index (χ1v) is 8.98. The summed E-state index contributed by atoms with van der Waals surface area (Å²) in [6.07, 6.45) is 3.36. The minimum atomic E-state index is 0.415. The molecule has 2 aromatic carbocycles. The molecule has 0 atom stereocenters. The minimum Gasteiger partial charge on any atom is -0.340 e. The van der Waals surface area contributed by atoms with E-state index in [2.05, 4.69) is 35.6 Å². The number of hydrogen-bond acceptors (Lipinski definition) is 6. The van der Waals surface area contributed by atoms with E-state index in [1.165, 1.54) is 0 Å². The van der Waals surface area contributed by atoms with Crippen LogP contribution in [-0.2, 0) is 0 Å². The molecular weight excluding hydrogens is 374 g/mol. The normalized spacial score (nSPS) is 11.0. The lowest BCUT2D eigenvalue weighted by atomic mass is 10.2. The Balaban J connectivity index is 1.53. The molecule has 0 aliphatic heterocycles. The average Bonchev–Trinajstić information content (AvgIpc) is 3.17. The van der Waals surface area contributed by atoms with E-state index in [0.717, 1.165) is 22.3 Å². The molecule has 0 aliphatic carbocycles. The quantitative estimate of drug-likeness (QED) is 0.400. The minimum absolute atomic E-state index is 0.415. The second-order valence-electron chi connectivity index (χ2n) is 6.17. The van der Waals surface area contributed by atoms with Gasteiger partial charge in [0.1, 0.15) is 5.52 Å². The molecule has 0 bridgehead atoms. The maximum absolute atomic E-state index is 6.06. The number of rotatable bonds is 4. The van der Waals surface area contributed by atoms with Crippen molar-refractivity contribution in [2.24, 2.45) is 0 Å². The van der Waals surface area contributed by atoms with Crippen molar-refractivity contribution in [1.82, 2.24) is 24.9 Å². The molecule has 5 aromatic rings. The highest BCUT2D eigenvalue weighted by Crippen LogP contribution is 2.26. The van der Waals surface area contributed by atoms with Crippen molar-refractivity contribution in [1.29, 1.82) is 0 Å². The second-order valence-corrected chi connectivity index (χ2v) is 6.61. The van der Waals surface area contributed by atoms with Crippen LogP contribution in [0.1, 0.15) is 0 Å². The molecule has 0 saturated carbocycles. The van der Waals surface area contributed by atoms with E-state index in [4.69, 9.17) is 11.6 Å². The van der Waals surface area contributed by atoms with Gasteiger partial charge in [0.2, 0.25) is 5.95 Å². The zero-order valence-electron chi connectivity index (χ0n) is 14.5. The zero-order chi connectivity index (χ0) is 18.9. The van der Waals surface area contributed by atoms with E-state index in [0.29, 0.717) is 28.0 Å². The van der Waals surface area contributed by atoms with Gasteiger partial charge in [-0.25, -0.2) is 4.98 Å². The standard InChI is InChI=1S/C20H14ClN7/c21-13-5-3-6-14(9-13)26-20-27-18-17(23-11-24-18)19(28-20)25-15-8-12-4-1-2-7-16(12)22-10-15/h1-11H,(H3,23,24,25,26,27,28). The van der Waals surface area contributed by atoms with Gasteiger partial charge >= 0.3 is 0 Å². The lowest BCUT2D eigenvalue weighted by molar-refractivity contribution is 1.19. The SMILES string of the molecule is Clc1cccc(Nc2nc(Nc3cnc4ccccc4c3)c3[nH]cnc3n2)c1. The third kappa shape index (κ3) is 3.19. The van der Waals surface area contributed by atoms with Gasteiger partial charge in [-0.3, -0.25) is 4.98 Å². The van der Waals surface area contributed by atoms with Gasteiger partial charge in [0.05, 0.1) is 23.7 Å². The fraction of sp³-hybridized carbons (Fsp3) is 0. The number of fused-ring (bicyclic) bond motifs is 2. The molecular formula is C20H14ClN7. The summed E-state index contributed by atoms with van der Waals surface area (Å²) in [7, 11) is 0. The highest BCUT2D eigenvalue weighted by molar-refractivity contribution is 6.30. The fourth-order valence-corrected chi connectivity index (χ4v) is 3.14. The summed E-state index contributed by atoms with van der Waals surface area (Å²) < 4.78 is 0. The highest BCUT2D eigenvalue weighted by Gasteiger charge is 2.11. The van der Waals surface area contributed by atoms with Crippen molar-refractivity contribution in [2.45, 2.75) is 0 Å². The highest BCUT2D eigenvalue weighted by atomic mass is 35.5. The zero-order valence-corrected chi connectivity index (χ0v) is 15.3. The van der Waals surface area contributed by atoms with Crippen molar-refractivity contribution >= 4 is 56.8 Å². The lowest BCUT2D eigenvalue weighted by Crippen LogP contribution is -2.02. The third-order valence-electron chi connectivity index (χ3n) is 4.22. The summed E-state index contributed by atoms with van der Waals surface area (Å²) in [6.45, 7) is 0. The van der Waals surface area contributed by atoms with Crippen molar-refractivity contribution in [3.63, 3.8) is 0 Å². The average molecular weight is 388 g/mol. The van der Waals surface area contributed by atoms with Gasteiger partial charge < -0.3 is 15.6 Å². The van der Waals surface area contributed by atoms with E-state index < -0.39 is 0 Å². The molecule has 7 nitrogen and oxygen atoms in total. The van der Waals surface area contributed by atoms with Crippen molar-refractivity contribution < 1.29 is 0 Å². The van der Waals surface area contributed by atoms with Crippen LogP contribution < -0.4 is 10.6 Å². The smallest absolute Gasteiger partial charge is 0.231 e. The Bertz CT molecular complexity index is 1300. The van der Waals surface area contributed by atoms with Crippen LogP contribution in [-0.4, -0.2) is 24.9 Å². The van der Waals surface area contributed by atoms with E-state index >= 15 is 0 Å². The van der Waals surface area contributed by atoms with Crippen LogP contribution in [0.25, 0.3) is 22.1 Å². The summed E-state index contributed by atoms with van der Waals surface area (Å²) in [6, 6.07) is 17.3. The molecule has 0 unspecified atom stereocenters. The lowest BCUT2D eigenvalue weighted by Gasteiger charge is -2.10. The monoisotopic (exact) mass is 387 g/mol. The number of aromatic amines is 1. The molecule has 8 heteroatoms. The number of H-pyrrole nitrogens is 1. The Hall–Kier alpha value is -3.71. The molecule has 0 fully saturated rings. The van der Waals surface area contributed by atoms with Crippen LogP contribution in [0.4, 0.5) is 23.1 Å². The van der Waals surface area contributed by atoms with Gasteiger partial charge in [0, 0.05) is 16.1 Å². The number of anilines is 4. The fourth-order valence-electron chi connectivity index (χ4n) is 2.95. The number of hydrogen-bond donors (Lipinski definition) is 3. The van der Waals surface area contributed by atoms with Crippen LogP contribution in [0.5, 0.6) is 0 Å². The van der Waals surface area contributed by atoms with Crippen molar-refractivity contribution in [2.75, 3.05) is 10.6 Å². The number of benzene rings is 2. The molecule has 0 spiro atoms. The van der Waals surface area contributed by atoms with E-state index in [9.17, 15) is 0 Å². The first kappa shape index (κ1) is 16.5. The summed E-state index contributed by atoms with van der Waals surface area (Å²) in [5.41, 5.74) is 3.81. The Morgan fingerprint density at radius 1 is 0.857 bits per heavy atom. The Labute approximate surface area is 164 Å². The summed E-state index contributed by atoms with van der Waals surface area (Å²) >= 11 is 6.06. The van der Waals surface area contributed by atoms with E-state index in [1.54, 1.807) is 18.6 Å².